The Hall–Kier alpha value is -1.35. The Morgan fingerprint density at radius 3 is 2.89 bits per heavy atom. The summed E-state index contributed by atoms with van der Waals surface area (Å²) in [5.74, 6) is 0. The van der Waals surface area contributed by atoms with Gasteiger partial charge in [0.05, 0.1) is 5.60 Å². The van der Waals surface area contributed by atoms with Crippen LogP contribution in [-0.2, 0) is 4.74 Å². The van der Waals surface area contributed by atoms with E-state index >= 15 is 0 Å². The fourth-order valence-corrected chi connectivity index (χ4v) is 2.63. The van der Waals surface area contributed by atoms with Crippen molar-refractivity contribution in [2.45, 2.75) is 32.3 Å². The summed E-state index contributed by atoms with van der Waals surface area (Å²) in [6.07, 6.45) is 3.11. The number of carbonyl (C=O) groups excluding carboxylic acids is 1. The third-order valence-corrected chi connectivity index (χ3v) is 3.80. The van der Waals surface area contributed by atoms with Gasteiger partial charge in [-0.05, 0) is 38.8 Å². The molecule has 1 heterocycles. The summed E-state index contributed by atoms with van der Waals surface area (Å²) in [5, 5.41) is 0. The van der Waals surface area contributed by atoms with Gasteiger partial charge < -0.3 is 9.64 Å². The lowest BCUT2D eigenvalue weighted by Crippen LogP contribution is -2.47. The van der Waals surface area contributed by atoms with E-state index in [1.54, 1.807) is 7.11 Å². The van der Waals surface area contributed by atoms with Gasteiger partial charge in [0.25, 0.3) is 0 Å². The topological polar surface area (TPSA) is 29.5 Å². The summed E-state index contributed by atoms with van der Waals surface area (Å²) in [4.78, 5) is 13.5. The molecule has 3 nitrogen and oxygen atoms in total. The highest BCUT2D eigenvalue weighted by molar-refractivity contribution is 5.85. The van der Waals surface area contributed by atoms with Crippen LogP contribution in [0.4, 0.5) is 5.69 Å². The third-order valence-electron chi connectivity index (χ3n) is 3.80. The number of anilines is 1. The van der Waals surface area contributed by atoms with Crippen LogP contribution in [-0.4, -0.2) is 32.1 Å². The first-order valence-electron chi connectivity index (χ1n) is 6.44. The molecule has 1 aromatic rings. The molecule has 0 radical (unpaired) electrons. The van der Waals surface area contributed by atoms with Gasteiger partial charge in [-0.3, -0.25) is 4.79 Å². The van der Waals surface area contributed by atoms with Crippen molar-refractivity contribution < 1.29 is 9.53 Å². The third kappa shape index (κ3) is 2.56. The molecular formula is C15H21NO2. The van der Waals surface area contributed by atoms with Crippen molar-refractivity contribution in [3.05, 3.63) is 29.3 Å². The molecule has 1 aliphatic rings. The van der Waals surface area contributed by atoms with Crippen LogP contribution in [0.1, 0.15) is 35.7 Å². The Labute approximate surface area is 109 Å². The second kappa shape index (κ2) is 5.11. The zero-order valence-corrected chi connectivity index (χ0v) is 11.4. The van der Waals surface area contributed by atoms with Crippen LogP contribution in [0.15, 0.2) is 18.2 Å². The number of methoxy groups -OCH3 is 1. The average molecular weight is 247 g/mol. The number of nitrogens with zero attached hydrogens (tertiary/aromatic N) is 1. The van der Waals surface area contributed by atoms with E-state index in [1.807, 2.05) is 19.1 Å². The van der Waals surface area contributed by atoms with Gasteiger partial charge in [-0.1, -0.05) is 11.6 Å². The Balaban J connectivity index is 2.28. The number of aldehydes is 1. The highest BCUT2D eigenvalue weighted by Gasteiger charge is 2.31. The molecule has 98 valence electrons. The van der Waals surface area contributed by atoms with E-state index in [9.17, 15) is 4.79 Å². The smallest absolute Gasteiger partial charge is 0.152 e. The Bertz CT molecular complexity index is 444. The SMILES string of the molecule is COC1(C)CCCN(c2ccc(C)cc2C=O)C1. The summed E-state index contributed by atoms with van der Waals surface area (Å²) >= 11 is 0. The number of carbonyl (C=O) groups is 1. The summed E-state index contributed by atoms with van der Waals surface area (Å²) in [7, 11) is 1.76. The summed E-state index contributed by atoms with van der Waals surface area (Å²) in [6, 6.07) is 6.04. The largest absolute Gasteiger partial charge is 0.377 e. The van der Waals surface area contributed by atoms with E-state index < -0.39 is 0 Å². The van der Waals surface area contributed by atoms with Gasteiger partial charge in [-0.2, -0.15) is 0 Å². The second-order valence-electron chi connectivity index (χ2n) is 5.36. The van der Waals surface area contributed by atoms with E-state index in [0.29, 0.717) is 0 Å². The molecule has 1 unspecified atom stereocenters. The lowest BCUT2D eigenvalue weighted by Gasteiger charge is -2.41. The van der Waals surface area contributed by atoms with Crippen LogP contribution >= 0.6 is 0 Å². The monoisotopic (exact) mass is 247 g/mol. The molecule has 1 fully saturated rings. The van der Waals surface area contributed by atoms with Crippen molar-refractivity contribution in [2.75, 3.05) is 25.1 Å². The molecule has 1 atom stereocenters. The molecule has 18 heavy (non-hydrogen) atoms. The van der Waals surface area contributed by atoms with E-state index in [1.165, 1.54) is 0 Å². The number of rotatable bonds is 3. The number of hydrogen-bond donors (Lipinski definition) is 0. The molecule has 1 aliphatic heterocycles. The Morgan fingerprint density at radius 1 is 1.44 bits per heavy atom. The Morgan fingerprint density at radius 2 is 2.22 bits per heavy atom. The minimum atomic E-state index is -0.108. The maximum absolute atomic E-state index is 11.2. The zero-order chi connectivity index (χ0) is 13.2. The molecular weight excluding hydrogens is 226 g/mol. The van der Waals surface area contributed by atoms with Gasteiger partial charge in [0.15, 0.2) is 6.29 Å². The normalized spacial score (nSPS) is 24.1. The molecule has 1 aromatic carbocycles. The maximum atomic E-state index is 11.2. The molecule has 0 aliphatic carbocycles. The highest BCUT2D eigenvalue weighted by atomic mass is 16.5. The predicted octanol–water partition coefficient (Wildman–Crippen LogP) is 2.81. The Kier molecular flexibility index (Phi) is 3.71. The summed E-state index contributed by atoms with van der Waals surface area (Å²) < 4.78 is 5.60. The van der Waals surface area contributed by atoms with Gasteiger partial charge >= 0.3 is 0 Å². The predicted molar refractivity (Wildman–Crippen MR) is 73.4 cm³/mol. The van der Waals surface area contributed by atoms with Crippen LogP contribution in [0.3, 0.4) is 0 Å². The minimum absolute atomic E-state index is 0.108. The summed E-state index contributed by atoms with van der Waals surface area (Å²) in [6.45, 7) is 5.97. The number of hydrogen-bond acceptors (Lipinski definition) is 3. The number of aryl methyl sites for hydroxylation is 1. The van der Waals surface area contributed by atoms with Crippen molar-refractivity contribution in [2.24, 2.45) is 0 Å². The maximum Gasteiger partial charge on any atom is 0.152 e. The molecule has 0 spiro atoms. The van der Waals surface area contributed by atoms with E-state index in [-0.39, 0.29) is 5.60 Å². The molecule has 0 amide bonds. The molecule has 0 aromatic heterocycles. The molecule has 0 bridgehead atoms. The van der Waals surface area contributed by atoms with Crippen LogP contribution in [0.5, 0.6) is 0 Å². The first-order chi connectivity index (χ1) is 8.58. The van der Waals surface area contributed by atoms with Gasteiger partial charge in [0.1, 0.15) is 0 Å². The zero-order valence-electron chi connectivity index (χ0n) is 11.4. The lowest BCUT2D eigenvalue weighted by atomic mass is 9.93. The fraction of sp³-hybridized carbons (Fsp3) is 0.533. The van der Waals surface area contributed by atoms with Gasteiger partial charge in [0.2, 0.25) is 0 Å². The van der Waals surface area contributed by atoms with Gasteiger partial charge in [0, 0.05) is 31.5 Å². The van der Waals surface area contributed by atoms with E-state index in [0.717, 1.165) is 49.0 Å². The first-order valence-corrected chi connectivity index (χ1v) is 6.44. The van der Waals surface area contributed by atoms with Crippen LogP contribution in [0.2, 0.25) is 0 Å². The number of benzene rings is 1. The van der Waals surface area contributed by atoms with Crippen molar-refractivity contribution in [3.63, 3.8) is 0 Å². The fourth-order valence-electron chi connectivity index (χ4n) is 2.63. The molecule has 3 heteroatoms. The van der Waals surface area contributed by atoms with E-state index in [4.69, 9.17) is 4.74 Å². The van der Waals surface area contributed by atoms with Crippen LogP contribution < -0.4 is 4.90 Å². The average Bonchev–Trinajstić information content (AvgIpc) is 2.38. The molecule has 0 saturated carbocycles. The van der Waals surface area contributed by atoms with Crippen molar-refractivity contribution in [3.8, 4) is 0 Å². The van der Waals surface area contributed by atoms with E-state index in [2.05, 4.69) is 17.9 Å². The standard InChI is InChI=1S/C15H21NO2/c1-12-5-6-14(13(9-12)10-17)16-8-4-7-15(2,11-16)18-3/h5-6,9-10H,4,7-8,11H2,1-3H3. The molecule has 1 saturated heterocycles. The van der Waals surface area contributed by atoms with Crippen LogP contribution in [0.25, 0.3) is 0 Å². The second-order valence-corrected chi connectivity index (χ2v) is 5.36. The lowest BCUT2D eigenvalue weighted by molar-refractivity contribution is -0.00467. The summed E-state index contributed by atoms with van der Waals surface area (Å²) in [5.41, 5.74) is 2.81. The minimum Gasteiger partial charge on any atom is -0.377 e. The molecule has 0 N–H and O–H groups in total. The van der Waals surface area contributed by atoms with Crippen LogP contribution in [0, 0.1) is 6.92 Å². The number of piperidine rings is 1. The number of ether oxygens (including phenoxy) is 1. The van der Waals surface area contributed by atoms with Gasteiger partial charge in [-0.15, -0.1) is 0 Å². The first kappa shape index (κ1) is 13.1. The highest BCUT2D eigenvalue weighted by Crippen LogP contribution is 2.29. The van der Waals surface area contributed by atoms with Gasteiger partial charge in [-0.25, -0.2) is 0 Å². The van der Waals surface area contributed by atoms with Crippen molar-refractivity contribution in [1.29, 1.82) is 0 Å². The molecule has 2 rings (SSSR count). The van der Waals surface area contributed by atoms with Crippen molar-refractivity contribution in [1.82, 2.24) is 0 Å². The quantitative estimate of drug-likeness (QED) is 0.769. The van der Waals surface area contributed by atoms with Crippen molar-refractivity contribution >= 4 is 12.0 Å².